The van der Waals surface area contributed by atoms with E-state index in [9.17, 15) is 10.1 Å². The molecule has 17 heavy (non-hydrogen) atoms. The summed E-state index contributed by atoms with van der Waals surface area (Å²) < 4.78 is 10.5. The second-order valence-corrected chi connectivity index (χ2v) is 3.29. The zero-order valence-electron chi connectivity index (χ0n) is 9.93. The van der Waals surface area contributed by atoms with E-state index in [0.29, 0.717) is 18.1 Å². The van der Waals surface area contributed by atoms with Gasteiger partial charge in [-0.1, -0.05) is 6.92 Å². The summed E-state index contributed by atoms with van der Waals surface area (Å²) in [4.78, 5) is 10.1. The van der Waals surface area contributed by atoms with E-state index in [1.807, 2.05) is 6.92 Å². The molecule has 1 N–H and O–H groups in total. The number of nitro groups is 1. The predicted octanol–water partition coefficient (Wildman–Crippen LogP) is 1.59. The molecule has 0 aromatic heterocycles. The minimum absolute atomic E-state index is 0.0131. The zero-order chi connectivity index (χ0) is 12.7. The number of nitro benzene ring substituents is 1. The average Bonchev–Trinajstić information content (AvgIpc) is 2.34. The van der Waals surface area contributed by atoms with Gasteiger partial charge < -0.3 is 14.8 Å². The van der Waals surface area contributed by atoms with Crippen LogP contribution >= 0.6 is 0 Å². The topological polar surface area (TPSA) is 73.6 Å². The molecule has 0 bridgehead atoms. The molecular weight excluding hydrogens is 224 g/mol. The standard InChI is InChI=1S/C11H16N2O4/c1-3-12-6-7-17-10-5-4-9(13(14)15)8-11(10)16-2/h4-5,8,12H,3,6-7H2,1-2H3. The van der Waals surface area contributed by atoms with Gasteiger partial charge in [0.15, 0.2) is 11.5 Å². The number of nitrogens with zero attached hydrogens (tertiary/aromatic N) is 1. The highest BCUT2D eigenvalue weighted by atomic mass is 16.6. The molecule has 0 saturated carbocycles. The molecule has 0 atom stereocenters. The van der Waals surface area contributed by atoms with Crippen LogP contribution in [0.1, 0.15) is 6.92 Å². The van der Waals surface area contributed by atoms with E-state index in [2.05, 4.69) is 5.32 Å². The Morgan fingerprint density at radius 2 is 2.18 bits per heavy atom. The Balaban J connectivity index is 2.68. The first-order chi connectivity index (χ1) is 8.19. The Morgan fingerprint density at radius 3 is 2.76 bits per heavy atom. The maximum Gasteiger partial charge on any atom is 0.273 e. The van der Waals surface area contributed by atoms with Crippen LogP contribution in [0.25, 0.3) is 0 Å². The number of ether oxygens (including phenoxy) is 2. The van der Waals surface area contributed by atoms with Crippen molar-refractivity contribution in [2.75, 3.05) is 26.8 Å². The minimum atomic E-state index is -0.467. The van der Waals surface area contributed by atoms with E-state index >= 15 is 0 Å². The van der Waals surface area contributed by atoms with Crippen LogP contribution in [0, 0.1) is 10.1 Å². The van der Waals surface area contributed by atoms with Gasteiger partial charge in [-0.2, -0.15) is 0 Å². The molecule has 6 nitrogen and oxygen atoms in total. The highest BCUT2D eigenvalue weighted by Crippen LogP contribution is 2.30. The molecule has 0 amide bonds. The monoisotopic (exact) mass is 240 g/mol. The smallest absolute Gasteiger partial charge is 0.273 e. The lowest BCUT2D eigenvalue weighted by atomic mass is 10.3. The average molecular weight is 240 g/mol. The Hall–Kier alpha value is -1.82. The molecule has 1 rings (SSSR count). The van der Waals surface area contributed by atoms with Gasteiger partial charge in [0.2, 0.25) is 0 Å². The highest BCUT2D eigenvalue weighted by Gasteiger charge is 2.11. The fraction of sp³-hybridized carbons (Fsp3) is 0.455. The number of nitrogens with one attached hydrogen (secondary N) is 1. The van der Waals surface area contributed by atoms with Crippen molar-refractivity contribution in [1.82, 2.24) is 5.32 Å². The third-order valence-corrected chi connectivity index (χ3v) is 2.14. The third-order valence-electron chi connectivity index (χ3n) is 2.14. The molecule has 1 aromatic rings. The van der Waals surface area contributed by atoms with Crippen LogP contribution < -0.4 is 14.8 Å². The van der Waals surface area contributed by atoms with Crippen molar-refractivity contribution in [3.05, 3.63) is 28.3 Å². The summed E-state index contributed by atoms with van der Waals surface area (Å²) in [6.07, 6.45) is 0. The summed E-state index contributed by atoms with van der Waals surface area (Å²) >= 11 is 0. The first kappa shape index (κ1) is 13.2. The van der Waals surface area contributed by atoms with Crippen molar-refractivity contribution in [2.24, 2.45) is 0 Å². The van der Waals surface area contributed by atoms with Crippen LogP contribution in [0.3, 0.4) is 0 Å². The van der Waals surface area contributed by atoms with Crippen molar-refractivity contribution in [2.45, 2.75) is 6.92 Å². The first-order valence-electron chi connectivity index (χ1n) is 5.35. The summed E-state index contributed by atoms with van der Waals surface area (Å²) in [6, 6.07) is 4.29. The Kier molecular flexibility index (Phi) is 5.22. The van der Waals surface area contributed by atoms with Crippen molar-refractivity contribution in [3.63, 3.8) is 0 Å². The number of benzene rings is 1. The van der Waals surface area contributed by atoms with E-state index in [1.165, 1.54) is 19.2 Å². The fourth-order valence-electron chi connectivity index (χ4n) is 1.30. The van der Waals surface area contributed by atoms with E-state index in [0.717, 1.165) is 13.1 Å². The lowest BCUT2D eigenvalue weighted by Crippen LogP contribution is -2.20. The molecule has 0 aliphatic heterocycles. The fourth-order valence-corrected chi connectivity index (χ4v) is 1.30. The van der Waals surface area contributed by atoms with Gasteiger partial charge >= 0.3 is 0 Å². The van der Waals surface area contributed by atoms with Crippen LogP contribution in [-0.4, -0.2) is 31.7 Å². The number of methoxy groups -OCH3 is 1. The lowest BCUT2D eigenvalue weighted by Gasteiger charge is -2.10. The van der Waals surface area contributed by atoms with Crippen LogP contribution in [0.4, 0.5) is 5.69 Å². The number of likely N-dealkylation sites (N-methyl/N-ethyl adjacent to an activating group) is 1. The Labute approximate surface area is 99.7 Å². The Morgan fingerprint density at radius 1 is 1.41 bits per heavy atom. The number of hydrogen-bond donors (Lipinski definition) is 1. The third kappa shape index (κ3) is 3.92. The van der Waals surface area contributed by atoms with Gasteiger partial charge in [-0.05, 0) is 12.6 Å². The van der Waals surface area contributed by atoms with Crippen LogP contribution in [0.15, 0.2) is 18.2 Å². The number of non-ortho nitro benzene ring substituents is 1. The van der Waals surface area contributed by atoms with Gasteiger partial charge in [-0.25, -0.2) is 0 Å². The molecule has 0 heterocycles. The van der Waals surface area contributed by atoms with Gasteiger partial charge in [0.1, 0.15) is 6.61 Å². The molecule has 0 fully saturated rings. The molecule has 0 radical (unpaired) electrons. The minimum Gasteiger partial charge on any atom is -0.493 e. The van der Waals surface area contributed by atoms with Gasteiger partial charge in [-0.15, -0.1) is 0 Å². The van der Waals surface area contributed by atoms with E-state index in [4.69, 9.17) is 9.47 Å². The zero-order valence-corrected chi connectivity index (χ0v) is 9.93. The lowest BCUT2D eigenvalue weighted by molar-refractivity contribution is -0.384. The maximum atomic E-state index is 10.6. The van der Waals surface area contributed by atoms with Crippen LogP contribution in [0.2, 0.25) is 0 Å². The van der Waals surface area contributed by atoms with Gasteiger partial charge in [-0.3, -0.25) is 10.1 Å². The quantitative estimate of drug-likeness (QED) is 0.445. The molecule has 0 aliphatic carbocycles. The van der Waals surface area contributed by atoms with Crippen molar-refractivity contribution < 1.29 is 14.4 Å². The predicted molar refractivity (Wildman–Crippen MR) is 63.7 cm³/mol. The molecule has 6 heteroatoms. The second kappa shape index (κ2) is 6.70. The maximum absolute atomic E-state index is 10.6. The van der Waals surface area contributed by atoms with Gasteiger partial charge in [0, 0.05) is 12.6 Å². The molecule has 1 aromatic carbocycles. The molecular formula is C11H16N2O4. The molecule has 0 unspecified atom stereocenters. The van der Waals surface area contributed by atoms with Crippen LogP contribution in [-0.2, 0) is 0 Å². The summed E-state index contributed by atoms with van der Waals surface area (Å²) in [6.45, 7) is 4.09. The SMILES string of the molecule is CCNCCOc1ccc([N+](=O)[O-])cc1OC. The number of hydrogen-bond acceptors (Lipinski definition) is 5. The normalized spacial score (nSPS) is 10.0. The summed E-state index contributed by atoms with van der Waals surface area (Å²) in [7, 11) is 1.45. The largest absolute Gasteiger partial charge is 0.493 e. The molecule has 0 saturated heterocycles. The second-order valence-electron chi connectivity index (χ2n) is 3.29. The molecule has 0 aliphatic rings. The van der Waals surface area contributed by atoms with E-state index in [-0.39, 0.29) is 5.69 Å². The van der Waals surface area contributed by atoms with Crippen molar-refractivity contribution in [3.8, 4) is 11.5 Å². The summed E-state index contributed by atoms with van der Waals surface area (Å²) in [5, 5.41) is 13.7. The van der Waals surface area contributed by atoms with E-state index < -0.39 is 4.92 Å². The van der Waals surface area contributed by atoms with E-state index in [1.54, 1.807) is 6.07 Å². The Bertz CT molecular complexity index is 382. The van der Waals surface area contributed by atoms with Crippen molar-refractivity contribution in [1.29, 1.82) is 0 Å². The highest BCUT2D eigenvalue weighted by molar-refractivity contribution is 5.48. The van der Waals surface area contributed by atoms with Gasteiger partial charge in [0.25, 0.3) is 5.69 Å². The van der Waals surface area contributed by atoms with Gasteiger partial charge in [0.05, 0.1) is 18.1 Å². The van der Waals surface area contributed by atoms with Crippen molar-refractivity contribution >= 4 is 5.69 Å². The molecule has 0 spiro atoms. The van der Waals surface area contributed by atoms with Crippen LogP contribution in [0.5, 0.6) is 11.5 Å². The first-order valence-corrected chi connectivity index (χ1v) is 5.35. The number of rotatable bonds is 7. The summed E-state index contributed by atoms with van der Waals surface area (Å²) in [5.74, 6) is 0.881. The molecule has 94 valence electrons. The summed E-state index contributed by atoms with van der Waals surface area (Å²) in [5.41, 5.74) is -0.0131.